The van der Waals surface area contributed by atoms with Crippen LogP contribution in [0.2, 0.25) is 0 Å². The van der Waals surface area contributed by atoms with E-state index in [-0.39, 0.29) is 0 Å². The minimum Gasteiger partial charge on any atom is -0.248 e. The van der Waals surface area contributed by atoms with Crippen molar-refractivity contribution in [3.63, 3.8) is 0 Å². The van der Waals surface area contributed by atoms with Crippen LogP contribution in [0.15, 0.2) is 16.6 Å². The summed E-state index contributed by atoms with van der Waals surface area (Å²) in [5.41, 5.74) is 1.50. The molecule has 0 heterocycles. The first kappa shape index (κ1) is 13.3. The first-order valence-electron chi connectivity index (χ1n) is 4.49. The normalized spacial score (nSPS) is 19.2. The number of hydrogen-bond acceptors (Lipinski definition) is 4. The highest BCUT2D eigenvalue weighted by Crippen LogP contribution is 2.22. The molecule has 0 radical (unpaired) electrons. The molecule has 0 saturated carbocycles. The van der Waals surface area contributed by atoms with Crippen LogP contribution in [0.4, 0.5) is 0 Å². The molecule has 0 aliphatic heterocycles. The Bertz CT molecular complexity index is 272. The number of thiocarbonyl (C=S) groups is 2. The standard InChI is InChI=1S/C9H13NS.CHNS/c1-8-3-2-4-9(5-8)6-10-7-11;2-1-3/h5,9H,2-4,6H2,1H3;2H. The van der Waals surface area contributed by atoms with Crippen LogP contribution in [0, 0.1) is 11.3 Å². The Morgan fingerprint density at radius 3 is 2.79 bits per heavy atom. The van der Waals surface area contributed by atoms with Gasteiger partial charge in [0.15, 0.2) is 0 Å². The van der Waals surface area contributed by atoms with Crippen LogP contribution in [0.1, 0.15) is 26.2 Å². The number of isothiocyanates is 2. The molecule has 1 unspecified atom stereocenters. The van der Waals surface area contributed by atoms with Crippen LogP contribution in [0.5, 0.6) is 0 Å². The number of allylic oxidation sites excluding steroid dienone is 1. The molecule has 1 N–H and O–H groups in total. The van der Waals surface area contributed by atoms with E-state index in [0.717, 1.165) is 6.54 Å². The maximum Gasteiger partial charge on any atom is 0.0585 e. The van der Waals surface area contributed by atoms with E-state index in [1.165, 1.54) is 24.8 Å². The van der Waals surface area contributed by atoms with Gasteiger partial charge in [-0.2, -0.15) is 0 Å². The second kappa shape index (κ2) is 8.92. The van der Waals surface area contributed by atoms with Crippen LogP contribution in [-0.4, -0.2) is 16.9 Å². The lowest BCUT2D eigenvalue weighted by atomic mass is 9.91. The summed E-state index contributed by atoms with van der Waals surface area (Å²) in [6.45, 7) is 3.02. The van der Waals surface area contributed by atoms with E-state index >= 15 is 0 Å². The van der Waals surface area contributed by atoms with Gasteiger partial charge in [-0.3, -0.25) is 0 Å². The molecule has 4 heteroatoms. The van der Waals surface area contributed by atoms with Gasteiger partial charge >= 0.3 is 0 Å². The Balaban J connectivity index is 0.000000500. The van der Waals surface area contributed by atoms with E-state index < -0.39 is 0 Å². The smallest absolute Gasteiger partial charge is 0.0585 e. The lowest BCUT2D eigenvalue weighted by Crippen LogP contribution is -2.06. The highest BCUT2D eigenvalue weighted by atomic mass is 32.1. The van der Waals surface area contributed by atoms with E-state index in [0.29, 0.717) is 5.92 Å². The summed E-state index contributed by atoms with van der Waals surface area (Å²) in [5, 5.41) is 9.77. The van der Waals surface area contributed by atoms with Gasteiger partial charge in [0.2, 0.25) is 0 Å². The van der Waals surface area contributed by atoms with Gasteiger partial charge in [0, 0.05) is 0 Å². The molecular formula is C10H14N2S2. The van der Waals surface area contributed by atoms with Crippen molar-refractivity contribution in [3.8, 4) is 0 Å². The molecule has 0 aromatic carbocycles. The third-order valence-electron chi connectivity index (χ3n) is 2.06. The highest BCUT2D eigenvalue weighted by Gasteiger charge is 2.09. The molecule has 0 fully saturated rings. The van der Waals surface area contributed by atoms with Gasteiger partial charge in [0.25, 0.3) is 0 Å². The molecule has 2 nitrogen and oxygen atoms in total. The molecule has 0 aromatic heterocycles. The zero-order valence-electron chi connectivity index (χ0n) is 8.25. The zero-order chi connectivity index (χ0) is 10.8. The molecule has 0 bridgehead atoms. The maximum absolute atomic E-state index is 5.77. The van der Waals surface area contributed by atoms with Crippen molar-refractivity contribution < 1.29 is 0 Å². The Kier molecular flexibility index (Phi) is 8.50. The van der Waals surface area contributed by atoms with Gasteiger partial charge in [-0.25, -0.2) is 10.4 Å². The average molecular weight is 226 g/mol. The van der Waals surface area contributed by atoms with Gasteiger partial charge in [-0.15, -0.1) is 0 Å². The van der Waals surface area contributed by atoms with Crippen molar-refractivity contribution in [2.24, 2.45) is 10.9 Å². The van der Waals surface area contributed by atoms with Crippen LogP contribution in [0.25, 0.3) is 0 Å². The largest absolute Gasteiger partial charge is 0.248 e. The van der Waals surface area contributed by atoms with Gasteiger partial charge in [-0.05, 0) is 56.5 Å². The molecule has 0 spiro atoms. The molecule has 1 aliphatic carbocycles. The summed E-state index contributed by atoms with van der Waals surface area (Å²) in [7, 11) is 0. The summed E-state index contributed by atoms with van der Waals surface area (Å²) >= 11 is 8.32. The zero-order valence-corrected chi connectivity index (χ0v) is 9.88. The number of nitrogens with one attached hydrogen (secondary N) is 1. The Hall–Kier alpha value is -0.660. The van der Waals surface area contributed by atoms with Crippen molar-refractivity contribution in [3.05, 3.63) is 11.6 Å². The third kappa shape index (κ3) is 6.81. The first-order valence-corrected chi connectivity index (χ1v) is 5.31. The monoisotopic (exact) mass is 226 g/mol. The minimum atomic E-state index is 0.624. The second-order valence-corrected chi connectivity index (χ2v) is 3.59. The number of hydrogen-bond donors (Lipinski definition) is 1. The topological polar surface area (TPSA) is 36.2 Å². The molecule has 0 amide bonds. The summed E-state index contributed by atoms with van der Waals surface area (Å²) in [4.78, 5) is 3.95. The fraction of sp³-hybridized carbons (Fsp3) is 0.600. The summed E-state index contributed by atoms with van der Waals surface area (Å²) < 4.78 is 0. The van der Waals surface area contributed by atoms with Crippen molar-refractivity contribution in [2.75, 3.05) is 6.54 Å². The Labute approximate surface area is 95.6 Å². The van der Waals surface area contributed by atoms with Gasteiger partial charge in [0.1, 0.15) is 0 Å². The molecular weight excluding hydrogens is 212 g/mol. The fourth-order valence-electron chi connectivity index (χ4n) is 1.51. The van der Waals surface area contributed by atoms with E-state index in [1.54, 1.807) is 5.16 Å². The van der Waals surface area contributed by atoms with Gasteiger partial charge in [0.05, 0.1) is 16.9 Å². The number of nitrogens with zero attached hydrogens (tertiary/aromatic N) is 1. The molecule has 14 heavy (non-hydrogen) atoms. The molecule has 1 atom stereocenters. The van der Waals surface area contributed by atoms with Gasteiger partial charge < -0.3 is 0 Å². The second-order valence-electron chi connectivity index (χ2n) is 3.20. The van der Waals surface area contributed by atoms with Crippen molar-refractivity contribution in [1.29, 1.82) is 5.41 Å². The van der Waals surface area contributed by atoms with E-state index in [4.69, 9.17) is 5.41 Å². The minimum absolute atomic E-state index is 0.624. The molecule has 76 valence electrons. The van der Waals surface area contributed by atoms with Crippen LogP contribution >= 0.6 is 24.4 Å². The predicted molar refractivity (Wildman–Crippen MR) is 66.3 cm³/mol. The van der Waals surface area contributed by atoms with Crippen LogP contribution in [0.3, 0.4) is 0 Å². The summed E-state index contributed by atoms with van der Waals surface area (Å²) in [6, 6.07) is 0. The Morgan fingerprint density at radius 1 is 1.64 bits per heavy atom. The van der Waals surface area contributed by atoms with Crippen molar-refractivity contribution >= 4 is 34.8 Å². The molecule has 1 rings (SSSR count). The number of aliphatic imine (C=N–C) groups is 1. The lowest BCUT2D eigenvalue weighted by Gasteiger charge is -2.16. The summed E-state index contributed by atoms with van der Waals surface area (Å²) in [6.07, 6.45) is 6.15. The molecule has 0 aromatic rings. The Morgan fingerprint density at radius 2 is 2.29 bits per heavy atom. The highest BCUT2D eigenvalue weighted by molar-refractivity contribution is 7.78. The first-order chi connectivity index (χ1) is 6.74. The van der Waals surface area contributed by atoms with Crippen LogP contribution < -0.4 is 0 Å². The average Bonchev–Trinajstić information content (AvgIpc) is 2.16. The number of rotatable bonds is 2. The van der Waals surface area contributed by atoms with E-state index in [2.05, 4.69) is 47.6 Å². The molecule has 0 saturated heterocycles. The maximum atomic E-state index is 5.77. The lowest BCUT2D eigenvalue weighted by molar-refractivity contribution is 0.539. The predicted octanol–water partition coefficient (Wildman–Crippen LogP) is 3.50. The summed E-state index contributed by atoms with van der Waals surface area (Å²) in [5.74, 6) is 0.624. The van der Waals surface area contributed by atoms with Crippen molar-refractivity contribution in [2.45, 2.75) is 26.2 Å². The quantitative estimate of drug-likeness (QED) is 0.444. The van der Waals surface area contributed by atoms with Crippen molar-refractivity contribution in [1.82, 2.24) is 0 Å². The third-order valence-corrected chi connectivity index (χ3v) is 2.19. The van der Waals surface area contributed by atoms with E-state index in [1.807, 2.05) is 0 Å². The van der Waals surface area contributed by atoms with Crippen LogP contribution in [-0.2, 0) is 0 Å². The SMILES string of the molecule is CC1=CC(CN=C=S)CCC1.N=C=S. The molecule has 1 aliphatic rings. The van der Waals surface area contributed by atoms with Gasteiger partial charge in [-0.1, -0.05) is 11.6 Å². The van der Waals surface area contributed by atoms with E-state index in [9.17, 15) is 0 Å². The fourth-order valence-corrected chi connectivity index (χ4v) is 1.59.